The minimum absolute atomic E-state index is 0.0935. The van der Waals surface area contributed by atoms with E-state index in [2.05, 4.69) is 4.72 Å². The largest absolute Gasteiger partial charge is 0.462 e. The number of amides is 1. The Morgan fingerprint density at radius 3 is 2.08 bits per heavy atom. The first-order valence-corrected chi connectivity index (χ1v) is 13.5. The topological polar surface area (TPSA) is 92.8 Å². The molecule has 0 heterocycles. The van der Waals surface area contributed by atoms with Crippen molar-refractivity contribution in [1.29, 1.82) is 0 Å². The van der Waals surface area contributed by atoms with Gasteiger partial charge in [-0.25, -0.2) is 8.42 Å². The molecule has 0 unspecified atom stereocenters. The summed E-state index contributed by atoms with van der Waals surface area (Å²) in [6.45, 7) is 3.80. The molecule has 37 heavy (non-hydrogen) atoms. The molecule has 1 N–H and O–H groups in total. The lowest BCUT2D eigenvalue weighted by atomic mass is 10.1. The quantitative estimate of drug-likeness (QED) is 0.288. The van der Waals surface area contributed by atoms with Gasteiger partial charge in [-0.1, -0.05) is 84.4 Å². The Morgan fingerprint density at radius 1 is 0.892 bits per heavy atom. The van der Waals surface area contributed by atoms with E-state index in [1.807, 2.05) is 67.6 Å². The third-order valence-corrected chi connectivity index (χ3v) is 7.10. The molecule has 0 saturated carbocycles. The molecular formula is C29H32N2O5S. The maximum absolute atomic E-state index is 13.9. The summed E-state index contributed by atoms with van der Waals surface area (Å²) in [7, 11) is -3.96. The molecule has 7 nitrogen and oxygen atoms in total. The first-order valence-electron chi connectivity index (χ1n) is 12.0. The predicted molar refractivity (Wildman–Crippen MR) is 143 cm³/mol. The van der Waals surface area contributed by atoms with Gasteiger partial charge in [-0.05, 0) is 42.7 Å². The minimum atomic E-state index is -3.96. The second-order valence-electron chi connectivity index (χ2n) is 8.65. The van der Waals surface area contributed by atoms with Crippen molar-refractivity contribution < 1.29 is 22.7 Å². The van der Waals surface area contributed by atoms with Crippen molar-refractivity contribution in [2.75, 3.05) is 13.2 Å². The molecule has 3 aromatic carbocycles. The monoisotopic (exact) mass is 520 g/mol. The van der Waals surface area contributed by atoms with Gasteiger partial charge in [-0.2, -0.15) is 4.72 Å². The third kappa shape index (κ3) is 9.00. The molecule has 0 spiro atoms. The molecule has 1 amide bonds. The molecule has 0 aliphatic heterocycles. The van der Waals surface area contributed by atoms with Crippen LogP contribution in [-0.2, 0) is 37.3 Å². The average molecular weight is 521 g/mol. The highest BCUT2D eigenvalue weighted by Crippen LogP contribution is 2.15. The third-order valence-electron chi connectivity index (χ3n) is 5.61. The number of sulfonamides is 1. The number of hydrogen-bond donors (Lipinski definition) is 1. The van der Waals surface area contributed by atoms with Crippen LogP contribution in [0, 0.1) is 6.92 Å². The van der Waals surface area contributed by atoms with Crippen LogP contribution < -0.4 is 4.72 Å². The fraction of sp³-hybridized carbons (Fsp3) is 0.241. The summed E-state index contributed by atoms with van der Waals surface area (Å²) < 4.78 is 34.1. The maximum Gasteiger partial charge on any atom is 0.302 e. The van der Waals surface area contributed by atoms with Crippen LogP contribution in [-0.4, -0.2) is 44.4 Å². The molecule has 1 atom stereocenters. The number of carbonyl (C=O) groups excluding carboxylic acids is 2. The second kappa shape index (κ2) is 13.5. The van der Waals surface area contributed by atoms with Gasteiger partial charge in [-0.15, -0.1) is 0 Å². The summed E-state index contributed by atoms with van der Waals surface area (Å²) in [5.74, 6) is -0.754. The number of rotatable bonds is 12. The highest BCUT2D eigenvalue weighted by atomic mass is 32.2. The zero-order valence-electron chi connectivity index (χ0n) is 21.0. The molecule has 0 fully saturated rings. The van der Waals surface area contributed by atoms with Crippen molar-refractivity contribution in [3.05, 3.63) is 114 Å². The van der Waals surface area contributed by atoms with Gasteiger partial charge in [0.25, 0.3) is 0 Å². The Labute approximate surface area is 218 Å². The van der Waals surface area contributed by atoms with Gasteiger partial charge >= 0.3 is 5.97 Å². The fourth-order valence-corrected chi connectivity index (χ4v) is 4.88. The Bertz CT molecular complexity index is 1290. The van der Waals surface area contributed by atoms with Crippen LogP contribution in [0.15, 0.2) is 102 Å². The van der Waals surface area contributed by atoms with Gasteiger partial charge in [0.15, 0.2) is 0 Å². The summed E-state index contributed by atoms with van der Waals surface area (Å²) in [5.41, 5.74) is 2.67. The summed E-state index contributed by atoms with van der Waals surface area (Å²) in [4.78, 5) is 26.6. The van der Waals surface area contributed by atoms with Crippen molar-refractivity contribution in [3.8, 4) is 0 Å². The number of esters is 1. The SMILES string of the molecule is CC(=O)OC/C=C/CN(Cc1ccccc1)C(=O)[C@H](Cc1ccccc1)NS(=O)(=O)c1ccc(C)cc1. The Hall–Kier alpha value is -3.75. The zero-order valence-corrected chi connectivity index (χ0v) is 21.9. The molecular weight excluding hydrogens is 488 g/mol. The van der Waals surface area contributed by atoms with Crippen LogP contribution in [0.5, 0.6) is 0 Å². The van der Waals surface area contributed by atoms with E-state index in [1.54, 1.807) is 29.2 Å². The van der Waals surface area contributed by atoms with Gasteiger partial charge in [-0.3, -0.25) is 9.59 Å². The van der Waals surface area contributed by atoms with E-state index in [-0.39, 0.29) is 36.9 Å². The van der Waals surface area contributed by atoms with Crippen LogP contribution in [0.2, 0.25) is 0 Å². The highest BCUT2D eigenvalue weighted by molar-refractivity contribution is 7.89. The van der Waals surface area contributed by atoms with Crippen LogP contribution in [0.1, 0.15) is 23.6 Å². The summed E-state index contributed by atoms with van der Waals surface area (Å²) >= 11 is 0. The first-order chi connectivity index (χ1) is 17.7. The van der Waals surface area contributed by atoms with E-state index >= 15 is 0 Å². The highest BCUT2D eigenvalue weighted by Gasteiger charge is 2.29. The summed E-state index contributed by atoms with van der Waals surface area (Å²) in [5, 5.41) is 0. The van der Waals surface area contributed by atoms with Crippen LogP contribution in [0.3, 0.4) is 0 Å². The summed E-state index contributed by atoms with van der Waals surface area (Å²) in [6.07, 6.45) is 3.58. The molecule has 0 saturated heterocycles. The van der Waals surface area contributed by atoms with E-state index in [0.29, 0.717) is 0 Å². The molecule has 194 valence electrons. The number of aryl methyl sites for hydroxylation is 1. The maximum atomic E-state index is 13.9. The number of benzene rings is 3. The molecule has 3 aromatic rings. The van der Waals surface area contributed by atoms with Crippen LogP contribution in [0.4, 0.5) is 0 Å². The Kier molecular flexibility index (Phi) is 10.2. The van der Waals surface area contributed by atoms with Crippen molar-refractivity contribution in [2.45, 2.75) is 37.8 Å². The minimum Gasteiger partial charge on any atom is -0.462 e. The Balaban J connectivity index is 1.89. The van der Waals surface area contributed by atoms with E-state index in [0.717, 1.165) is 16.7 Å². The molecule has 8 heteroatoms. The van der Waals surface area contributed by atoms with Gasteiger partial charge < -0.3 is 9.64 Å². The Morgan fingerprint density at radius 2 is 1.49 bits per heavy atom. The summed E-state index contributed by atoms with van der Waals surface area (Å²) in [6, 6.07) is 24.2. The number of nitrogens with one attached hydrogen (secondary N) is 1. The number of ether oxygens (including phenoxy) is 1. The predicted octanol–water partition coefficient (Wildman–Crippen LogP) is 4.03. The van der Waals surface area contributed by atoms with Gasteiger partial charge in [0, 0.05) is 20.0 Å². The molecule has 0 aliphatic rings. The smallest absolute Gasteiger partial charge is 0.302 e. The molecule has 0 aliphatic carbocycles. The van der Waals surface area contributed by atoms with E-state index in [9.17, 15) is 18.0 Å². The molecule has 0 aromatic heterocycles. The van der Waals surface area contributed by atoms with Gasteiger partial charge in [0.05, 0.1) is 4.90 Å². The number of hydrogen-bond acceptors (Lipinski definition) is 5. The van der Waals surface area contributed by atoms with Crippen molar-refractivity contribution in [1.82, 2.24) is 9.62 Å². The molecule has 3 rings (SSSR count). The number of carbonyl (C=O) groups is 2. The van der Waals surface area contributed by atoms with E-state index in [4.69, 9.17) is 4.74 Å². The first kappa shape index (κ1) is 27.8. The van der Waals surface area contributed by atoms with Crippen LogP contribution in [0.25, 0.3) is 0 Å². The average Bonchev–Trinajstić information content (AvgIpc) is 2.88. The van der Waals surface area contributed by atoms with Crippen molar-refractivity contribution >= 4 is 21.9 Å². The normalized spacial score (nSPS) is 12.3. The lowest BCUT2D eigenvalue weighted by molar-refractivity contribution is -0.139. The van der Waals surface area contributed by atoms with Crippen LogP contribution >= 0.6 is 0 Å². The fourth-order valence-electron chi connectivity index (χ4n) is 3.69. The van der Waals surface area contributed by atoms with Crippen molar-refractivity contribution in [2.24, 2.45) is 0 Å². The molecule has 0 bridgehead atoms. The van der Waals surface area contributed by atoms with Gasteiger partial charge in [0.2, 0.25) is 15.9 Å². The van der Waals surface area contributed by atoms with Gasteiger partial charge in [0.1, 0.15) is 12.6 Å². The lowest BCUT2D eigenvalue weighted by Gasteiger charge is -2.27. The van der Waals surface area contributed by atoms with Crippen molar-refractivity contribution in [3.63, 3.8) is 0 Å². The number of nitrogens with zero attached hydrogens (tertiary/aromatic N) is 1. The molecule has 0 radical (unpaired) electrons. The second-order valence-corrected chi connectivity index (χ2v) is 10.4. The standard InChI is InChI=1S/C29H32N2O5S/c1-23-15-17-27(18-16-23)37(34,35)30-28(21-25-11-5-3-6-12-25)29(33)31(19-9-10-20-36-24(2)32)22-26-13-7-4-8-14-26/h3-18,28,30H,19-22H2,1-2H3/b10-9+/t28-/m0/s1. The zero-order chi connectivity index (χ0) is 26.7. The van der Waals surface area contributed by atoms with E-state index < -0.39 is 22.0 Å². The lowest BCUT2D eigenvalue weighted by Crippen LogP contribution is -2.49. The van der Waals surface area contributed by atoms with E-state index in [1.165, 1.54) is 19.1 Å².